The van der Waals surface area contributed by atoms with E-state index in [1.807, 2.05) is 54.1 Å². The third kappa shape index (κ3) is 2.75. The van der Waals surface area contributed by atoms with Crippen LogP contribution >= 0.6 is 0 Å². The summed E-state index contributed by atoms with van der Waals surface area (Å²) in [5, 5.41) is 30.3. The number of hydrogen-bond donors (Lipinski definition) is 2. The molecular weight excluding hydrogens is 392 g/mol. The molecule has 0 saturated heterocycles. The summed E-state index contributed by atoms with van der Waals surface area (Å²) in [7, 11) is 1.91. The minimum atomic E-state index is -0.488. The lowest BCUT2D eigenvalue weighted by Gasteiger charge is -2.07. The Balaban J connectivity index is 1.80. The molecule has 0 amide bonds. The van der Waals surface area contributed by atoms with Crippen LogP contribution in [0.4, 0.5) is 0 Å². The van der Waals surface area contributed by atoms with E-state index in [2.05, 4.69) is 6.07 Å². The van der Waals surface area contributed by atoms with Gasteiger partial charge >= 0.3 is 0 Å². The number of benzene rings is 3. The second-order valence-corrected chi connectivity index (χ2v) is 7.28. The van der Waals surface area contributed by atoms with Crippen LogP contribution in [-0.4, -0.2) is 20.6 Å². The Morgan fingerprint density at radius 3 is 2.58 bits per heavy atom. The average Bonchev–Trinajstić information content (AvgIpc) is 3.23. The van der Waals surface area contributed by atoms with Crippen molar-refractivity contribution in [1.82, 2.24) is 4.57 Å². The summed E-state index contributed by atoms with van der Waals surface area (Å²) in [6, 6.07) is 19.8. The largest absolute Gasteiger partial charge is 0.508 e. The zero-order valence-corrected chi connectivity index (χ0v) is 16.5. The average molecular weight is 408 g/mol. The number of rotatable bonds is 2. The molecule has 5 rings (SSSR count). The first-order valence-corrected chi connectivity index (χ1v) is 9.56. The predicted octanol–water partition coefficient (Wildman–Crippen LogP) is 4.74. The van der Waals surface area contributed by atoms with Gasteiger partial charge in [0.05, 0.1) is 22.8 Å². The van der Waals surface area contributed by atoms with Gasteiger partial charge in [-0.15, -0.1) is 0 Å². The molecule has 0 atom stereocenters. The number of aromatic hydroxyl groups is 2. The molecule has 0 spiro atoms. The van der Waals surface area contributed by atoms with Gasteiger partial charge in [0.1, 0.15) is 22.8 Å². The SMILES string of the molecule is Cn1c(-c2ccccc2)c(C=C2Oc3cc(O)cc(O)c3C2=O)c2c(C#N)cccc21. The number of ketones is 1. The van der Waals surface area contributed by atoms with E-state index in [0.717, 1.165) is 22.8 Å². The number of phenolic OH excluding ortho intramolecular Hbond substituents is 2. The highest BCUT2D eigenvalue weighted by Gasteiger charge is 2.32. The van der Waals surface area contributed by atoms with Crippen LogP contribution in [0.2, 0.25) is 0 Å². The Morgan fingerprint density at radius 1 is 1.06 bits per heavy atom. The van der Waals surface area contributed by atoms with Gasteiger partial charge in [-0.05, 0) is 23.8 Å². The van der Waals surface area contributed by atoms with Gasteiger partial charge in [0, 0.05) is 30.1 Å². The van der Waals surface area contributed by atoms with Gasteiger partial charge in [-0.2, -0.15) is 5.26 Å². The van der Waals surface area contributed by atoms with E-state index in [0.29, 0.717) is 16.5 Å². The molecule has 2 N–H and O–H groups in total. The van der Waals surface area contributed by atoms with Crippen LogP contribution in [0.5, 0.6) is 17.2 Å². The number of nitrogens with zero attached hydrogens (tertiary/aromatic N) is 2. The van der Waals surface area contributed by atoms with Gasteiger partial charge in [-0.25, -0.2) is 0 Å². The van der Waals surface area contributed by atoms with E-state index in [1.165, 1.54) is 6.07 Å². The first kappa shape index (κ1) is 18.5. The van der Waals surface area contributed by atoms with Crippen LogP contribution in [0, 0.1) is 11.3 Å². The van der Waals surface area contributed by atoms with Crippen molar-refractivity contribution in [2.24, 2.45) is 7.05 Å². The van der Waals surface area contributed by atoms with E-state index >= 15 is 0 Å². The van der Waals surface area contributed by atoms with Gasteiger partial charge in [0.25, 0.3) is 0 Å². The van der Waals surface area contributed by atoms with Gasteiger partial charge < -0.3 is 19.5 Å². The number of hydrogen-bond acceptors (Lipinski definition) is 5. The molecule has 0 saturated carbocycles. The van der Waals surface area contributed by atoms with Crippen LogP contribution in [0.25, 0.3) is 28.2 Å². The molecule has 0 aliphatic carbocycles. The van der Waals surface area contributed by atoms with E-state index in [4.69, 9.17) is 4.74 Å². The Hall–Kier alpha value is -4.50. The van der Waals surface area contributed by atoms with Gasteiger partial charge in [-0.1, -0.05) is 36.4 Å². The molecule has 3 aromatic carbocycles. The van der Waals surface area contributed by atoms with Crippen molar-refractivity contribution in [3.63, 3.8) is 0 Å². The number of carbonyl (C=O) groups is 1. The van der Waals surface area contributed by atoms with E-state index in [-0.39, 0.29) is 28.6 Å². The van der Waals surface area contributed by atoms with Crippen LogP contribution < -0.4 is 4.74 Å². The monoisotopic (exact) mass is 408 g/mol. The van der Waals surface area contributed by atoms with Crippen molar-refractivity contribution in [2.45, 2.75) is 0 Å². The van der Waals surface area contributed by atoms with Crippen LogP contribution in [0.1, 0.15) is 21.5 Å². The molecule has 2 heterocycles. The lowest BCUT2D eigenvalue weighted by atomic mass is 10.0. The smallest absolute Gasteiger partial charge is 0.235 e. The maximum absolute atomic E-state index is 13.0. The fourth-order valence-electron chi connectivity index (χ4n) is 4.11. The number of carbonyl (C=O) groups excluding carboxylic acids is 1. The molecule has 0 radical (unpaired) electrons. The first-order chi connectivity index (χ1) is 15.0. The molecule has 1 aliphatic rings. The van der Waals surface area contributed by atoms with Crippen molar-refractivity contribution in [1.29, 1.82) is 5.26 Å². The number of nitriles is 1. The zero-order valence-electron chi connectivity index (χ0n) is 16.5. The summed E-state index contributed by atoms with van der Waals surface area (Å²) in [5.41, 5.74) is 3.73. The maximum atomic E-state index is 13.0. The summed E-state index contributed by atoms with van der Waals surface area (Å²) < 4.78 is 7.69. The molecule has 31 heavy (non-hydrogen) atoms. The summed E-state index contributed by atoms with van der Waals surface area (Å²) in [4.78, 5) is 13.0. The predicted molar refractivity (Wildman–Crippen MR) is 116 cm³/mol. The maximum Gasteiger partial charge on any atom is 0.235 e. The molecule has 0 unspecified atom stereocenters. The minimum absolute atomic E-state index is 0.00561. The highest BCUT2D eigenvalue weighted by atomic mass is 16.5. The van der Waals surface area contributed by atoms with Crippen molar-refractivity contribution < 1.29 is 19.7 Å². The number of allylic oxidation sites excluding steroid dienone is 1. The Labute approximate surface area is 177 Å². The van der Waals surface area contributed by atoms with E-state index < -0.39 is 5.78 Å². The second kappa shape index (κ2) is 6.78. The number of phenols is 2. The van der Waals surface area contributed by atoms with Crippen molar-refractivity contribution >= 4 is 22.8 Å². The quantitative estimate of drug-likeness (QED) is 0.467. The lowest BCUT2D eigenvalue weighted by molar-refractivity contribution is 0.101. The third-order valence-corrected chi connectivity index (χ3v) is 5.44. The van der Waals surface area contributed by atoms with E-state index in [1.54, 1.807) is 12.1 Å². The normalized spacial score (nSPS) is 13.9. The fraction of sp³-hybridized carbons (Fsp3) is 0.0400. The summed E-state index contributed by atoms with van der Waals surface area (Å²) in [6.45, 7) is 0. The van der Waals surface area contributed by atoms with Crippen LogP contribution in [-0.2, 0) is 7.05 Å². The van der Waals surface area contributed by atoms with Crippen molar-refractivity contribution in [2.75, 3.05) is 0 Å². The lowest BCUT2D eigenvalue weighted by Crippen LogP contribution is -1.99. The van der Waals surface area contributed by atoms with Crippen LogP contribution in [0.3, 0.4) is 0 Å². The molecule has 0 bridgehead atoms. The standard InChI is InChI=1S/C25H16N2O4/c1-27-18-9-5-8-15(13-26)22(18)17(24(27)14-6-3-2-4-7-14)12-21-25(30)23-19(29)10-16(28)11-20(23)31-21/h2-12,28-29H,1H3. The summed E-state index contributed by atoms with van der Waals surface area (Å²) in [6.07, 6.45) is 1.60. The van der Waals surface area contributed by atoms with Crippen LogP contribution in [0.15, 0.2) is 66.4 Å². The number of ether oxygens (including phenoxy) is 1. The minimum Gasteiger partial charge on any atom is -0.508 e. The van der Waals surface area contributed by atoms with Crippen molar-refractivity contribution in [3.8, 4) is 34.6 Å². The van der Waals surface area contributed by atoms with E-state index in [9.17, 15) is 20.3 Å². The van der Waals surface area contributed by atoms with Crippen molar-refractivity contribution in [3.05, 3.63) is 83.1 Å². The molecule has 1 aromatic heterocycles. The highest BCUT2D eigenvalue weighted by molar-refractivity contribution is 6.17. The van der Waals surface area contributed by atoms with Gasteiger partial charge in [-0.3, -0.25) is 4.79 Å². The summed E-state index contributed by atoms with van der Waals surface area (Å²) in [5.74, 6) is -0.934. The Kier molecular flexibility index (Phi) is 4.05. The number of aryl methyl sites for hydroxylation is 1. The molecule has 6 nitrogen and oxygen atoms in total. The molecule has 4 aromatic rings. The topological polar surface area (TPSA) is 95.5 Å². The molecular formula is C25H16N2O4. The third-order valence-electron chi connectivity index (χ3n) is 5.44. The number of fused-ring (bicyclic) bond motifs is 2. The highest BCUT2D eigenvalue weighted by Crippen LogP contribution is 2.42. The Morgan fingerprint density at radius 2 is 1.84 bits per heavy atom. The first-order valence-electron chi connectivity index (χ1n) is 9.56. The summed E-state index contributed by atoms with van der Waals surface area (Å²) >= 11 is 0. The van der Waals surface area contributed by atoms with Gasteiger partial charge in [0.15, 0.2) is 5.76 Å². The molecule has 150 valence electrons. The second-order valence-electron chi connectivity index (χ2n) is 7.28. The zero-order chi connectivity index (χ0) is 21.7. The molecule has 0 fully saturated rings. The van der Waals surface area contributed by atoms with Gasteiger partial charge in [0.2, 0.25) is 5.78 Å². The molecule has 6 heteroatoms. The number of Topliss-reactive ketones (excluding diaryl/α,β-unsaturated/α-hetero) is 1. The Bertz CT molecular complexity index is 1460. The molecule has 1 aliphatic heterocycles. The number of aromatic nitrogens is 1. The fourth-order valence-corrected chi connectivity index (χ4v) is 4.11.